The molecule has 1 aromatic heterocycles. The molecule has 1 aliphatic rings. The van der Waals surface area contributed by atoms with E-state index in [9.17, 15) is 0 Å². The van der Waals surface area contributed by atoms with Crippen molar-refractivity contribution < 1.29 is 0 Å². The first-order valence-corrected chi connectivity index (χ1v) is 9.95. The molecule has 0 spiro atoms. The number of nitrogens with one attached hydrogen (secondary N) is 1. The summed E-state index contributed by atoms with van der Waals surface area (Å²) in [5.74, 6) is 0. The molecule has 0 fully saturated rings. The quantitative estimate of drug-likeness (QED) is 0.521. The van der Waals surface area contributed by atoms with E-state index in [2.05, 4.69) is 57.5 Å². The van der Waals surface area contributed by atoms with E-state index in [-0.39, 0.29) is 6.04 Å². The zero-order valence-corrected chi connectivity index (χ0v) is 17.4. The maximum atomic E-state index is 6.19. The van der Waals surface area contributed by atoms with E-state index in [4.69, 9.17) is 23.2 Å². The maximum absolute atomic E-state index is 6.19. The Morgan fingerprint density at radius 3 is 2.69 bits per heavy atom. The molecule has 2 aromatic rings. The molecule has 1 unspecified atom stereocenters. The second kappa shape index (κ2) is 8.90. The van der Waals surface area contributed by atoms with Crippen molar-refractivity contribution in [3.05, 3.63) is 92.2 Å². The summed E-state index contributed by atoms with van der Waals surface area (Å²) in [6, 6.07) is 9.58. The number of hydrogen-bond donors (Lipinski definition) is 1. The molecule has 0 radical (unpaired) electrons. The molecular weight excluding hydrogens is 431 g/mol. The molecule has 1 heterocycles. The van der Waals surface area contributed by atoms with Crippen LogP contribution in [0, 0.1) is 0 Å². The average molecular weight is 450 g/mol. The van der Waals surface area contributed by atoms with Crippen molar-refractivity contribution >= 4 is 44.8 Å². The topological polar surface area (TPSA) is 24.9 Å². The molecule has 1 aromatic carbocycles. The Morgan fingerprint density at radius 2 is 1.96 bits per heavy atom. The van der Waals surface area contributed by atoms with Crippen LogP contribution < -0.4 is 5.32 Å². The molecule has 3 rings (SSSR count). The fourth-order valence-corrected chi connectivity index (χ4v) is 3.34. The Labute approximate surface area is 172 Å². The van der Waals surface area contributed by atoms with E-state index in [0.29, 0.717) is 10.0 Å². The summed E-state index contributed by atoms with van der Waals surface area (Å²) >= 11 is 15.7. The Bertz CT molecular complexity index is 870. The van der Waals surface area contributed by atoms with Crippen LogP contribution in [0.3, 0.4) is 0 Å². The van der Waals surface area contributed by atoms with Gasteiger partial charge in [-0.2, -0.15) is 0 Å². The van der Waals surface area contributed by atoms with Crippen LogP contribution in [0.15, 0.2) is 76.5 Å². The van der Waals surface area contributed by atoms with Crippen LogP contribution >= 0.6 is 39.1 Å². The van der Waals surface area contributed by atoms with E-state index in [1.807, 2.05) is 30.5 Å². The summed E-state index contributed by atoms with van der Waals surface area (Å²) in [6.07, 6.45) is 12.5. The van der Waals surface area contributed by atoms with Gasteiger partial charge < -0.3 is 5.32 Å². The third-order valence-electron chi connectivity index (χ3n) is 4.19. The Morgan fingerprint density at radius 1 is 1.12 bits per heavy atom. The van der Waals surface area contributed by atoms with E-state index in [1.165, 1.54) is 11.1 Å². The summed E-state index contributed by atoms with van der Waals surface area (Å²) in [6.45, 7) is 2.11. The number of nitrogens with zero attached hydrogens (tertiary/aromatic N) is 1. The van der Waals surface area contributed by atoms with Crippen molar-refractivity contribution in [2.75, 3.05) is 5.32 Å². The molecule has 0 saturated heterocycles. The lowest BCUT2D eigenvalue weighted by atomic mass is 9.95. The van der Waals surface area contributed by atoms with Crippen molar-refractivity contribution in [1.29, 1.82) is 0 Å². The van der Waals surface area contributed by atoms with Crippen LogP contribution in [-0.4, -0.2) is 4.98 Å². The highest BCUT2D eigenvalue weighted by atomic mass is 79.9. The third-order valence-corrected chi connectivity index (χ3v) is 5.40. The van der Waals surface area contributed by atoms with E-state index < -0.39 is 0 Å². The number of pyridine rings is 1. The first-order chi connectivity index (χ1) is 12.5. The first kappa shape index (κ1) is 19.2. The Balaban J connectivity index is 1.98. The van der Waals surface area contributed by atoms with Gasteiger partial charge in [0.25, 0.3) is 0 Å². The lowest BCUT2D eigenvalue weighted by Gasteiger charge is -2.23. The summed E-state index contributed by atoms with van der Waals surface area (Å²) in [5, 5.41) is 4.65. The van der Waals surface area contributed by atoms with Gasteiger partial charge in [0.1, 0.15) is 0 Å². The van der Waals surface area contributed by atoms with E-state index in [0.717, 1.165) is 28.7 Å². The van der Waals surface area contributed by atoms with Crippen LogP contribution in [-0.2, 0) is 0 Å². The maximum Gasteiger partial charge on any atom is 0.0902 e. The zero-order valence-electron chi connectivity index (χ0n) is 14.3. The van der Waals surface area contributed by atoms with Gasteiger partial charge in [-0.1, -0.05) is 53.1 Å². The zero-order chi connectivity index (χ0) is 18.5. The average Bonchev–Trinajstić information content (AvgIpc) is 2.61. The van der Waals surface area contributed by atoms with Crippen LogP contribution in [0.1, 0.15) is 31.5 Å². The van der Waals surface area contributed by atoms with Crippen molar-refractivity contribution in [3.8, 4) is 0 Å². The highest BCUT2D eigenvalue weighted by Gasteiger charge is 2.18. The van der Waals surface area contributed by atoms with Crippen LogP contribution in [0.25, 0.3) is 0 Å². The van der Waals surface area contributed by atoms with Crippen LogP contribution in [0.4, 0.5) is 5.69 Å². The minimum atomic E-state index is -0.0455. The van der Waals surface area contributed by atoms with Crippen molar-refractivity contribution in [3.63, 3.8) is 0 Å². The summed E-state index contributed by atoms with van der Waals surface area (Å²) in [7, 11) is 0. The number of hydrogen-bond acceptors (Lipinski definition) is 2. The van der Waals surface area contributed by atoms with E-state index >= 15 is 0 Å². The van der Waals surface area contributed by atoms with Gasteiger partial charge in [0.05, 0.1) is 21.8 Å². The molecule has 1 atom stereocenters. The van der Waals surface area contributed by atoms with Gasteiger partial charge in [-0.15, -0.1) is 0 Å². The van der Waals surface area contributed by atoms with Gasteiger partial charge in [-0.05, 0) is 71.6 Å². The first-order valence-electron chi connectivity index (χ1n) is 8.40. The van der Waals surface area contributed by atoms with Crippen molar-refractivity contribution in [2.45, 2.75) is 25.8 Å². The van der Waals surface area contributed by atoms with E-state index in [1.54, 1.807) is 6.07 Å². The number of allylic oxidation sites excluding steroid dienone is 5. The molecule has 1 aliphatic carbocycles. The normalized spacial score (nSPS) is 17.5. The van der Waals surface area contributed by atoms with Crippen molar-refractivity contribution in [2.24, 2.45) is 0 Å². The highest BCUT2D eigenvalue weighted by Crippen LogP contribution is 2.32. The van der Waals surface area contributed by atoms with Gasteiger partial charge in [0, 0.05) is 16.4 Å². The minimum absolute atomic E-state index is 0.0455. The monoisotopic (exact) mass is 448 g/mol. The predicted molar refractivity (Wildman–Crippen MR) is 115 cm³/mol. The molecule has 134 valence electrons. The van der Waals surface area contributed by atoms with Gasteiger partial charge in [0.2, 0.25) is 0 Å². The smallest absolute Gasteiger partial charge is 0.0902 e. The molecule has 0 bridgehead atoms. The Kier molecular flexibility index (Phi) is 6.58. The van der Waals surface area contributed by atoms with Gasteiger partial charge in [-0.3, -0.25) is 4.98 Å². The number of aromatic nitrogens is 1. The number of rotatable bonds is 4. The van der Waals surface area contributed by atoms with Gasteiger partial charge in [-0.25, -0.2) is 0 Å². The fourth-order valence-electron chi connectivity index (χ4n) is 2.80. The van der Waals surface area contributed by atoms with Crippen LogP contribution in [0.2, 0.25) is 10.0 Å². The van der Waals surface area contributed by atoms with Crippen LogP contribution in [0.5, 0.6) is 0 Å². The lowest BCUT2D eigenvalue weighted by Crippen LogP contribution is -2.15. The summed E-state index contributed by atoms with van der Waals surface area (Å²) in [5.41, 5.74) is 4.38. The summed E-state index contributed by atoms with van der Waals surface area (Å²) in [4.78, 5) is 4.62. The number of anilines is 1. The predicted octanol–water partition coefficient (Wildman–Crippen LogP) is 7.53. The summed E-state index contributed by atoms with van der Waals surface area (Å²) < 4.78 is 0.958. The molecule has 5 heteroatoms. The molecule has 1 N–H and O–H groups in total. The molecule has 0 amide bonds. The molecule has 26 heavy (non-hydrogen) atoms. The second-order valence-electron chi connectivity index (χ2n) is 6.20. The molecule has 0 aliphatic heterocycles. The minimum Gasteiger partial charge on any atom is -0.373 e. The second-order valence-corrected chi connectivity index (χ2v) is 7.93. The Hall–Kier alpha value is -1.55. The lowest BCUT2D eigenvalue weighted by molar-refractivity contribution is 0.792. The number of benzene rings is 1. The molecular formula is C21H19BrCl2N2. The molecule has 2 nitrogen and oxygen atoms in total. The highest BCUT2D eigenvalue weighted by molar-refractivity contribution is 9.10. The fraction of sp³-hybridized carbons (Fsp3) is 0.190. The van der Waals surface area contributed by atoms with Gasteiger partial charge >= 0.3 is 0 Å². The van der Waals surface area contributed by atoms with Gasteiger partial charge in [0.15, 0.2) is 0 Å². The van der Waals surface area contributed by atoms with Crippen molar-refractivity contribution in [1.82, 2.24) is 4.98 Å². The standard InChI is InChI=1S/C21H19BrCl2N2/c1-14-4-2-3-5-15(7-6-14)21(20-11-8-16(22)13-25-20)26-17-9-10-18(23)19(24)12-17/h2,4,6-13,21,26H,3,5H2,1H3/b4-2?,14-6?,15-7+. The third kappa shape index (κ3) is 5.00. The SMILES string of the molecule is CC1=C/C=C(/C(Nc2ccc(Cl)c(Cl)c2)c2ccc(Br)cn2)CCC=C1. The molecule has 0 saturated carbocycles. The largest absolute Gasteiger partial charge is 0.373 e. The number of halogens is 3.